The van der Waals surface area contributed by atoms with Crippen molar-refractivity contribution in [3.8, 4) is 0 Å². The van der Waals surface area contributed by atoms with E-state index in [0.717, 1.165) is 11.8 Å². The Hall–Kier alpha value is -0.0100. The summed E-state index contributed by atoms with van der Waals surface area (Å²) in [7, 11) is -4.83. The summed E-state index contributed by atoms with van der Waals surface area (Å²) in [5, 5.41) is 28.7. The van der Waals surface area contributed by atoms with Gasteiger partial charge in [-0.25, -0.2) is 0 Å². The van der Waals surface area contributed by atoms with Crippen LogP contribution in [0, 0.1) is 0 Å². The molecule has 0 aliphatic carbocycles. The van der Waals surface area contributed by atoms with Gasteiger partial charge in [0.15, 0.2) is 0 Å². The van der Waals surface area contributed by atoms with Crippen LogP contribution in [-0.2, 0) is 4.57 Å². The predicted octanol–water partition coefficient (Wildman–Crippen LogP) is -0.324. The van der Waals surface area contributed by atoms with Gasteiger partial charge in [-0.1, -0.05) is 13.8 Å². The molecule has 1 atom stereocenters. The maximum absolute atomic E-state index is 11.4. The summed E-state index contributed by atoms with van der Waals surface area (Å²) >= 11 is 0. The Morgan fingerprint density at radius 2 is 1.61 bits per heavy atom. The van der Waals surface area contributed by atoms with E-state index in [1.807, 2.05) is 0 Å². The first-order chi connectivity index (χ1) is 8.12. The molecular weight excluding hydrogens is 261 g/mol. The smallest absolute Gasteiger partial charge is 0.371 e. The molecule has 0 aromatic carbocycles. The van der Waals surface area contributed by atoms with Crippen molar-refractivity contribution in [3.63, 3.8) is 0 Å². The van der Waals surface area contributed by atoms with Crippen LogP contribution in [0.3, 0.4) is 0 Å². The van der Waals surface area contributed by atoms with Crippen LogP contribution >= 0.6 is 7.60 Å². The van der Waals surface area contributed by atoms with E-state index in [9.17, 15) is 24.6 Å². The highest BCUT2D eigenvalue weighted by atomic mass is 31.2. The van der Waals surface area contributed by atoms with Crippen LogP contribution in [-0.4, -0.2) is 60.8 Å². The maximum Gasteiger partial charge on any atom is 0.371 e. The highest BCUT2D eigenvalue weighted by molar-refractivity contribution is 7.53. The van der Waals surface area contributed by atoms with E-state index in [-0.39, 0.29) is 19.8 Å². The second kappa shape index (κ2) is 6.43. The second-order valence-corrected chi connectivity index (χ2v) is 6.41. The lowest BCUT2D eigenvalue weighted by molar-refractivity contribution is -0.127. The molecule has 0 bridgehead atoms. The van der Waals surface area contributed by atoms with Crippen LogP contribution in [0.5, 0.6) is 0 Å². The van der Waals surface area contributed by atoms with Gasteiger partial charge in [0.2, 0.25) is 5.47 Å². The zero-order valence-electron chi connectivity index (χ0n) is 11.1. The van der Waals surface area contributed by atoms with E-state index >= 15 is 0 Å². The van der Waals surface area contributed by atoms with Crippen molar-refractivity contribution in [1.29, 1.82) is 0 Å². The highest BCUT2D eigenvalue weighted by Gasteiger charge is 2.52. The van der Waals surface area contributed by atoms with Gasteiger partial charge in [-0.05, 0) is 19.8 Å². The summed E-state index contributed by atoms with van der Waals surface area (Å²) in [5.74, 6) is 0. The van der Waals surface area contributed by atoms with Gasteiger partial charge in [0.25, 0.3) is 0 Å². The van der Waals surface area contributed by atoms with Crippen molar-refractivity contribution >= 4 is 7.60 Å². The normalized spacial score (nSPS) is 16.9. The van der Waals surface area contributed by atoms with Gasteiger partial charge in [-0.3, -0.25) is 9.46 Å². The molecule has 0 heterocycles. The molecule has 1 unspecified atom stereocenters. The van der Waals surface area contributed by atoms with Crippen molar-refractivity contribution in [2.24, 2.45) is 0 Å². The number of aliphatic hydroxyl groups excluding tert-OH is 2. The molecule has 5 N–H and O–H groups in total. The Morgan fingerprint density at radius 3 is 1.83 bits per heavy atom. The summed E-state index contributed by atoms with van der Waals surface area (Å²) < 4.78 is 11.4. The molecule has 0 aliphatic rings. The second-order valence-electron chi connectivity index (χ2n) is 4.48. The van der Waals surface area contributed by atoms with E-state index in [4.69, 9.17) is 5.11 Å². The molecule has 0 rings (SSSR count). The van der Waals surface area contributed by atoms with Crippen LogP contribution in [0.1, 0.15) is 33.6 Å². The largest absolute Gasteiger partial charge is 0.395 e. The monoisotopic (exact) mass is 285 g/mol. The third kappa shape index (κ3) is 3.30. The molecule has 0 fully saturated rings. The number of hydrogen-bond acceptors (Lipinski definition) is 5. The fourth-order valence-corrected chi connectivity index (χ4v) is 2.72. The van der Waals surface area contributed by atoms with Gasteiger partial charge >= 0.3 is 7.60 Å². The quantitative estimate of drug-likeness (QED) is 0.306. The third-order valence-electron chi connectivity index (χ3n) is 3.57. The number of β-amino-alcohol motifs (C(OH)–C–C–N with tert-alkyl or cyclic N) is 1. The summed E-state index contributed by atoms with van der Waals surface area (Å²) in [6.45, 7) is 3.62. The molecule has 7 nitrogen and oxygen atoms in total. The summed E-state index contributed by atoms with van der Waals surface area (Å²) in [5.41, 5.74) is -3.40. The van der Waals surface area contributed by atoms with Gasteiger partial charge in [0.05, 0.1) is 13.2 Å². The first-order valence-corrected chi connectivity index (χ1v) is 7.51. The van der Waals surface area contributed by atoms with Crippen LogP contribution in [0.25, 0.3) is 0 Å². The van der Waals surface area contributed by atoms with Crippen molar-refractivity contribution in [1.82, 2.24) is 4.90 Å². The first-order valence-electron chi connectivity index (χ1n) is 5.90. The van der Waals surface area contributed by atoms with Gasteiger partial charge < -0.3 is 25.1 Å². The van der Waals surface area contributed by atoms with E-state index in [0.29, 0.717) is 12.8 Å². The minimum absolute atomic E-state index is 0.139. The van der Waals surface area contributed by atoms with Gasteiger partial charge in [0, 0.05) is 12.1 Å². The zero-order chi connectivity index (χ0) is 14.6. The summed E-state index contributed by atoms with van der Waals surface area (Å²) in [6, 6.07) is 0. The molecule has 110 valence electrons. The van der Waals surface area contributed by atoms with E-state index < -0.39 is 18.6 Å². The minimum atomic E-state index is -4.83. The van der Waals surface area contributed by atoms with Crippen LogP contribution in [0.4, 0.5) is 0 Å². The van der Waals surface area contributed by atoms with Crippen molar-refractivity contribution in [3.05, 3.63) is 0 Å². The Balaban J connectivity index is 5.62. The maximum atomic E-state index is 11.4. The predicted molar refractivity (Wildman–Crippen MR) is 66.9 cm³/mol. The van der Waals surface area contributed by atoms with Crippen LogP contribution in [0.15, 0.2) is 0 Å². The molecule has 0 saturated carbocycles. The molecule has 0 radical (unpaired) electrons. The molecule has 0 aliphatic heterocycles. The van der Waals surface area contributed by atoms with Crippen molar-refractivity contribution in [2.75, 3.05) is 19.8 Å². The first kappa shape index (κ1) is 18.0. The SMILES string of the molecule is CCC(CC)(CO)N(CCO)C(C)(O)P(=O)(O)O. The van der Waals surface area contributed by atoms with Crippen LogP contribution in [0.2, 0.25) is 0 Å². The summed E-state index contributed by atoms with van der Waals surface area (Å²) in [6.07, 6.45) is 0.770. The van der Waals surface area contributed by atoms with Gasteiger partial charge in [-0.2, -0.15) is 0 Å². The topological polar surface area (TPSA) is 121 Å². The third-order valence-corrected chi connectivity index (χ3v) is 4.91. The van der Waals surface area contributed by atoms with Gasteiger partial charge in [0.1, 0.15) is 0 Å². The molecule has 0 aromatic heterocycles. The highest BCUT2D eigenvalue weighted by Crippen LogP contribution is 2.52. The fraction of sp³-hybridized carbons (Fsp3) is 1.00. The lowest BCUT2D eigenvalue weighted by Gasteiger charge is -2.49. The zero-order valence-corrected chi connectivity index (χ0v) is 12.0. The average Bonchev–Trinajstić information content (AvgIpc) is 2.29. The molecule has 8 heteroatoms. The molecule has 18 heavy (non-hydrogen) atoms. The summed E-state index contributed by atoms with van der Waals surface area (Å²) in [4.78, 5) is 19.6. The molecular formula is C10H24NO6P. The molecule has 0 saturated heterocycles. The Bertz CT molecular complexity index is 290. The Kier molecular flexibility index (Phi) is 6.43. The van der Waals surface area contributed by atoms with Crippen molar-refractivity contribution < 1.29 is 29.7 Å². The van der Waals surface area contributed by atoms with E-state index in [1.54, 1.807) is 13.8 Å². The van der Waals surface area contributed by atoms with Crippen LogP contribution < -0.4 is 0 Å². The number of aliphatic hydroxyl groups is 3. The lowest BCUT2D eigenvalue weighted by atomic mass is 9.91. The fourth-order valence-electron chi connectivity index (χ4n) is 2.10. The van der Waals surface area contributed by atoms with Gasteiger partial charge in [-0.15, -0.1) is 0 Å². The molecule has 0 spiro atoms. The standard InChI is InChI=1S/C10H24NO6P/c1-4-10(5-2,8-13)11(6-7-12)9(3,14)18(15,16)17/h12-14H,4-8H2,1-3H3,(H2,15,16,17). The number of rotatable bonds is 8. The lowest BCUT2D eigenvalue weighted by Crippen LogP contribution is -2.61. The molecule has 0 amide bonds. The van der Waals surface area contributed by atoms with E-state index in [2.05, 4.69) is 0 Å². The molecule has 0 aromatic rings. The Labute approximate surface area is 107 Å². The van der Waals surface area contributed by atoms with Crippen molar-refractivity contribution in [2.45, 2.75) is 44.6 Å². The average molecular weight is 285 g/mol. The number of hydrogen-bond donors (Lipinski definition) is 5. The number of nitrogens with zero attached hydrogens (tertiary/aromatic N) is 1. The Morgan fingerprint density at radius 1 is 1.17 bits per heavy atom. The minimum Gasteiger partial charge on any atom is -0.395 e. The van der Waals surface area contributed by atoms with E-state index in [1.165, 1.54) is 0 Å².